The van der Waals surface area contributed by atoms with E-state index >= 15 is 0 Å². The van der Waals surface area contributed by atoms with Crippen molar-refractivity contribution in [1.29, 1.82) is 0 Å². The van der Waals surface area contributed by atoms with Gasteiger partial charge in [0.25, 0.3) is 5.78 Å². The Balaban J connectivity index is 2.08. The summed E-state index contributed by atoms with van der Waals surface area (Å²) in [4.78, 5) is 8.89. The lowest BCUT2D eigenvalue weighted by Gasteiger charge is -2.08. The molecule has 0 radical (unpaired) electrons. The Morgan fingerprint density at radius 2 is 2.00 bits per heavy atom. The molecule has 2 aromatic heterocycles. The molecule has 1 aromatic carbocycles. The third-order valence-corrected chi connectivity index (χ3v) is 3.31. The summed E-state index contributed by atoms with van der Waals surface area (Å²) in [5.41, 5.74) is 1.78. The number of nitrogens with zero attached hydrogens (tertiary/aromatic N) is 4. The van der Waals surface area contributed by atoms with Crippen LogP contribution in [0.4, 0.5) is 11.5 Å². The second kappa shape index (κ2) is 5.33. The molecule has 1 N–H and O–H groups in total. The van der Waals surface area contributed by atoms with Crippen molar-refractivity contribution in [3.05, 3.63) is 46.9 Å². The molecule has 0 aliphatic rings. The van der Waals surface area contributed by atoms with Gasteiger partial charge in [-0.1, -0.05) is 31.5 Å². The topological polar surface area (TPSA) is 55.1 Å². The van der Waals surface area contributed by atoms with E-state index in [1.54, 1.807) is 4.52 Å². The Bertz CT molecular complexity index is 794. The highest BCUT2D eigenvalue weighted by Gasteiger charge is 2.12. The summed E-state index contributed by atoms with van der Waals surface area (Å²) in [5.74, 6) is 2.45. The van der Waals surface area contributed by atoms with Gasteiger partial charge in [-0.15, -0.1) is 5.10 Å². The number of hydrogen-bond acceptors (Lipinski definition) is 4. The van der Waals surface area contributed by atoms with Gasteiger partial charge in [-0.3, -0.25) is 0 Å². The van der Waals surface area contributed by atoms with E-state index in [0.29, 0.717) is 10.8 Å². The minimum atomic E-state index is 0.256. The van der Waals surface area contributed by atoms with Gasteiger partial charge in [-0.05, 0) is 25.1 Å². The van der Waals surface area contributed by atoms with Gasteiger partial charge in [-0.25, -0.2) is 4.98 Å². The Labute approximate surface area is 128 Å². The zero-order valence-electron chi connectivity index (χ0n) is 12.1. The average molecular weight is 302 g/mol. The molecule has 0 atom stereocenters. The predicted octanol–water partition coefficient (Wildman–Crippen LogP) is 3.95. The minimum absolute atomic E-state index is 0.256. The van der Waals surface area contributed by atoms with Crippen LogP contribution in [0.25, 0.3) is 5.78 Å². The molecule has 21 heavy (non-hydrogen) atoms. The van der Waals surface area contributed by atoms with Crippen molar-refractivity contribution >= 4 is 28.9 Å². The van der Waals surface area contributed by atoms with E-state index < -0.39 is 0 Å². The number of aryl methyl sites for hydroxylation is 1. The number of anilines is 2. The first kappa shape index (κ1) is 13.8. The minimum Gasteiger partial charge on any atom is -0.340 e. The summed E-state index contributed by atoms with van der Waals surface area (Å²) in [6.07, 6.45) is 0. The van der Waals surface area contributed by atoms with Crippen molar-refractivity contribution < 1.29 is 0 Å². The van der Waals surface area contributed by atoms with Crippen LogP contribution in [-0.2, 0) is 0 Å². The van der Waals surface area contributed by atoms with Crippen molar-refractivity contribution in [3.63, 3.8) is 0 Å². The lowest BCUT2D eigenvalue weighted by molar-refractivity contribution is 0.766. The van der Waals surface area contributed by atoms with Crippen LogP contribution < -0.4 is 5.32 Å². The Morgan fingerprint density at radius 1 is 1.19 bits per heavy atom. The summed E-state index contributed by atoms with van der Waals surface area (Å²) in [6.45, 7) is 6.06. The normalized spacial score (nSPS) is 11.3. The van der Waals surface area contributed by atoms with Gasteiger partial charge in [-0.2, -0.15) is 9.50 Å². The average Bonchev–Trinajstić information content (AvgIpc) is 2.83. The number of aromatic nitrogens is 4. The Kier molecular flexibility index (Phi) is 3.51. The fourth-order valence-corrected chi connectivity index (χ4v) is 2.24. The van der Waals surface area contributed by atoms with Crippen molar-refractivity contribution in [2.24, 2.45) is 0 Å². The molecule has 0 bridgehead atoms. The van der Waals surface area contributed by atoms with E-state index in [1.807, 2.05) is 37.3 Å². The van der Waals surface area contributed by atoms with Crippen molar-refractivity contribution in [1.82, 2.24) is 19.6 Å². The van der Waals surface area contributed by atoms with E-state index in [0.717, 1.165) is 23.0 Å². The monoisotopic (exact) mass is 301 g/mol. The number of rotatable bonds is 3. The maximum atomic E-state index is 6.02. The quantitative estimate of drug-likeness (QED) is 0.796. The molecule has 0 spiro atoms. The van der Waals surface area contributed by atoms with Crippen LogP contribution in [0.3, 0.4) is 0 Å². The molecule has 5 nitrogen and oxygen atoms in total. The molecule has 108 valence electrons. The maximum Gasteiger partial charge on any atom is 0.254 e. The van der Waals surface area contributed by atoms with Crippen molar-refractivity contribution in [3.8, 4) is 0 Å². The number of benzene rings is 1. The number of fused-ring (bicyclic) bond motifs is 1. The third kappa shape index (κ3) is 2.83. The molecule has 0 aliphatic heterocycles. The predicted molar refractivity (Wildman–Crippen MR) is 84.3 cm³/mol. The molecular formula is C15H16ClN5. The molecule has 3 aromatic rings. The summed E-state index contributed by atoms with van der Waals surface area (Å²) in [6, 6.07) is 9.49. The first-order chi connectivity index (χ1) is 10.0. The highest BCUT2D eigenvalue weighted by atomic mass is 35.5. The van der Waals surface area contributed by atoms with Crippen LogP contribution >= 0.6 is 11.6 Å². The molecule has 0 aliphatic carbocycles. The summed E-state index contributed by atoms with van der Waals surface area (Å²) < 4.78 is 1.73. The lowest BCUT2D eigenvalue weighted by Crippen LogP contribution is -2.02. The van der Waals surface area contributed by atoms with E-state index in [9.17, 15) is 0 Å². The maximum absolute atomic E-state index is 6.02. The number of hydrogen-bond donors (Lipinski definition) is 1. The summed E-state index contributed by atoms with van der Waals surface area (Å²) >= 11 is 6.02. The first-order valence-corrected chi connectivity index (χ1v) is 7.17. The fraction of sp³-hybridized carbons (Fsp3) is 0.267. The van der Waals surface area contributed by atoms with Gasteiger partial charge in [0, 0.05) is 28.4 Å². The molecule has 0 unspecified atom stereocenters. The highest BCUT2D eigenvalue weighted by molar-refractivity contribution is 6.30. The molecule has 0 amide bonds. The standard InChI is InChI=1S/C15H16ClN5/c1-9(2)14-19-15-17-10(3)7-13(21(15)20-14)18-12-6-4-5-11(16)8-12/h4-9,18H,1-3H3. The Morgan fingerprint density at radius 3 is 2.71 bits per heavy atom. The van der Waals surface area contributed by atoms with E-state index in [-0.39, 0.29) is 5.92 Å². The highest BCUT2D eigenvalue weighted by Crippen LogP contribution is 2.21. The molecule has 0 fully saturated rings. The second-order valence-electron chi connectivity index (χ2n) is 5.25. The molecule has 0 saturated heterocycles. The fourth-order valence-electron chi connectivity index (χ4n) is 2.05. The second-order valence-corrected chi connectivity index (χ2v) is 5.69. The van der Waals surface area contributed by atoms with Gasteiger partial charge in [0.15, 0.2) is 5.82 Å². The number of halogens is 1. The van der Waals surface area contributed by atoms with Crippen molar-refractivity contribution in [2.45, 2.75) is 26.7 Å². The number of nitrogens with one attached hydrogen (secondary N) is 1. The molecule has 0 saturated carbocycles. The van der Waals surface area contributed by atoms with Gasteiger partial charge in [0.1, 0.15) is 5.82 Å². The SMILES string of the molecule is Cc1cc(Nc2cccc(Cl)c2)n2nc(C(C)C)nc2n1. The van der Waals surface area contributed by atoms with Gasteiger partial charge >= 0.3 is 0 Å². The van der Waals surface area contributed by atoms with Gasteiger partial charge in [0.2, 0.25) is 0 Å². The van der Waals surface area contributed by atoms with Gasteiger partial charge < -0.3 is 5.32 Å². The van der Waals surface area contributed by atoms with E-state index in [2.05, 4.69) is 34.2 Å². The zero-order chi connectivity index (χ0) is 15.0. The van der Waals surface area contributed by atoms with Crippen LogP contribution in [0.2, 0.25) is 5.02 Å². The smallest absolute Gasteiger partial charge is 0.254 e. The molecule has 2 heterocycles. The van der Waals surface area contributed by atoms with E-state index in [4.69, 9.17) is 11.6 Å². The zero-order valence-corrected chi connectivity index (χ0v) is 12.9. The van der Waals surface area contributed by atoms with Crippen LogP contribution in [0.5, 0.6) is 0 Å². The largest absolute Gasteiger partial charge is 0.340 e. The van der Waals surface area contributed by atoms with Crippen LogP contribution in [0.15, 0.2) is 30.3 Å². The summed E-state index contributed by atoms with van der Waals surface area (Å²) in [7, 11) is 0. The van der Waals surface area contributed by atoms with Crippen LogP contribution in [0.1, 0.15) is 31.3 Å². The van der Waals surface area contributed by atoms with Crippen LogP contribution in [0, 0.1) is 6.92 Å². The lowest BCUT2D eigenvalue weighted by atomic mass is 10.2. The molecular weight excluding hydrogens is 286 g/mol. The molecule has 3 rings (SSSR count). The molecule has 6 heteroatoms. The van der Waals surface area contributed by atoms with Crippen molar-refractivity contribution in [2.75, 3.05) is 5.32 Å². The first-order valence-electron chi connectivity index (χ1n) is 6.80. The van der Waals surface area contributed by atoms with Gasteiger partial charge in [0.05, 0.1) is 0 Å². The van der Waals surface area contributed by atoms with Crippen LogP contribution in [-0.4, -0.2) is 19.6 Å². The van der Waals surface area contributed by atoms with E-state index in [1.165, 1.54) is 0 Å². The third-order valence-electron chi connectivity index (χ3n) is 3.07. The Hall–Kier alpha value is -2.14. The summed E-state index contributed by atoms with van der Waals surface area (Å²) in [5, 5.41) is 8.52.